The highest BCUT2D eigenvalue weighted by molar-refractivity contribution is 6.30. The number of hydrogen-bond donors (Lipinski definition) is 0. The maximum Gasteiger partial charge on any atom is 0.254 e. The van der Waals surface area contributed by atoms with E-state index in [4.69, 9.17) is 16.3 Å². The first-order chi connectivity index (χ1) is 13.2. The number of hydrogen-bond acceptors (Lipinski definition) is 4. The average Bonchev–Trinajstić information content (AvgIpc) is 2.74. The van der Waals surface area contributed by atoms with Gasteiger partial charge in [-0.15, -0.1) is 0 Å². The largest absolute Gasteiger partial charge is 0.370 e. The van der Waals surface area contributed by atoms with Crippen molar-refractivity contribution >= 4 is 23.3 Å². The van der Waals surface area contributed by atoms with E-state index in [1.807, 2.05) is 41.3 Å². The summed E-state index contributed by atoms with van der Waals surface area (Å²) >= 11 is 5.99. The lowest BCUT2D eigenvalue weighted by molar-refractivity contribution is 0.0395. The van der Waals surface area contributed by atoms with E-state index in [1.54, 1.807) is 6.20 Å². The van der Waals surface area contributed by atoms with E-state index in [0.717, 1.165) is 54.4 Å². The zero-order valence-electron chi connectivity index (χ0n) is 15.3. The minimum Gasteiger partial charge on any atom is -0.370 e. The Bertz CT molecular complexity index is 790. The molecule has 1 aromatic heterocycles. The highest BCUT2D eigenvalue weighted by atomic mass is 35.5. The number of benzene rings is 1. The lowest BCUT2D eigenvalue weighted by Crippen LogP contribution is -2.39. The fourth-order valence-corrected chi connectivity index (χ4v) is 3.87. The van der Waals surface area contributed by atoms with Crippen molar-refractivity contribution in [1.29, 1.82) is 0 Å². The minimum absolute atomic E-state index is 0.0285. The maximum atomic E-state index is 12.8. The van der Waals surface area contributed by atoms with E-state index >= 15 is 0 Å². The first-order valence-corrected chi connectivity index (χ1v) is 9.96. The molecule has 2 saturated heterocycles. The van der Waals surface area contributed by atoms with Gasteiger partial charge in [-0.05, 0) is 49.1 Å². The van der Waals surface area contributed by atoms with E-state index in [0.29, 0.717) is 13.2 Å². The van der Waals surface area contributed by atoms with Crippen molar-refractivity contribution in [3.8, 4) is 0 Å². The fourth-order valence-electron chi connectivity index (χ4n) is 3.74. The van der Waals surface area contributed by atoms with Crippen LogP contribution in [-0.2, 0) is 4.74 Å². The molecule has 0 spiro atoms. The molecule has 0 unspecified atom stereocenters. The Labute approximate surface area is 164 Å². The number of anilines is 1. The van der Waals surface area contributed by atoms with Crippen molar-refractivity contribution in [1.82, 2.24) is 9.88 Å². The highest BCUT2D eigenvalue weighted by Crippen LogP contribution is 2.27. The van der Waals surface area contributed by atoms with Gasteiger partial charge in [0.05, 0.1) is 6.61 Å². The Morgan fingerprint density at radius 2 is 1.85 bits per heavy atom. The van der Waals surface area contributed by atoms with E-state index in [9.17, 15) is 4.79 Å². The Kier molecular flexibility index (Phi) is 5.60. The molecule has 4 rings (SSSR count). The van der Waals surface area contributed by atoms with Gasteiger partial charge in [0, 0.05) is 43.0 Å². The van der Waals surface area contributed by atoms with Crippen LogP contribution in [0.25, 0.3) is 0 Å². The van der Waals surface area contributed by atoms with Crippen LogP contribution in [0.3, 0.4) is 0 Å². The molecule has 1 aromatic carbocycles. The van der Waals surface area contributed by atoms with Gasteiger partial charge in [0.2, 0.25) is 0 Å². The quantitative estimate of drug-likeness (QED) is 0.802. The van der Waals surface area contributed by atoms with Gasteiger partial charge in [-0.2, -0.15) is 0 Å². The number of amides is 1. The number of carbonyl (C=O) groups excluding carboxylic acids is 1. The van der Waals surface area contributed by atoms with Gasteiger partial charge >= 0.3 is 0 Å². The Morgan fingerprint density at radius 1 is 1.07 bits per heavy atom. The highest BCUT2D eigenvalue weighted by Gasteiger charge is 2.24. The summed E-state index contributed by atoms with van der Waals surface area (Å²) in [4.78, 5) is 21.5. The van der Waals surface area contributed by atoms with Crippen molar-refractivity contribution in [3.05, 3.63) is 58.7 Å². The predicted octanol–water partition coefficient (Wildman–Crippen LogP) is 3.94. The number of piperidine rings is 1. The van der Waals surface area contributed by atoms with Gasteiger partial charge in [0.25, 0.3) is 5.91 Å². The molecule has 0 bridgehead atoms. The molecule has 3 heterocycles. The molecule has 27 heavy (non-hydrogen) atoms. The first-order valence-electron chi connectivity index (χ1n) is 9.58. The second kappa shape index (κ2) is 8.28. The van der Waals surface area contributed by atoms with Gasteiger partial charge in [0.1, 0.15) is 11.9 Å². The third-order valence-corrected chi connectivity index (χ3v) is 5.52. The molecule has 0 aliphatic carbocycles. The molecule has 6 heteroatoms. The van der Waals surface area contributed by atoms with E-state index in [1.165, 1.54) is 6.42 Å². The fraction of sp³-hybridized carbons (Fsp3) is 0.429. The van der Waals surface area contributed by atoms with Crippen LogP contribution >= 0.6 is 11.6 Å². The first kappa shape index (κ1) is 18.3. The molecule has 1 amide bonds. The summed E-state index contributed by atoms with van der Waals surface area (Å²) < 4.78 is 5.94. The predicted molar refractivity (Wildman–Crippen MR) is 106 cm³/mol. The number of morpholine rings is 1. The van der Waals surface area contributed by atoms with Crippen molar-refractivity contribution in [3.63, 3.8) is 0 Å². The van der Waals surface area contributed by atoms with Crippen LogP contribution in [0.4, 0.5) is 5.82 Å². The van der Waals surface area contributed by atoms with Crippen LogP contribution < -0.4 is 4.90 Å². The van der Waals surface area contributed by atoms with Crippen molar-refractivity contribution in [2.24, 2.45) is 0 Å². The molecule has 2 aromatic rings. The van der Waals surface area contributed by atoms with Gasteiger partial charge in [-0.1, -0.05) is 23.7 Å². The molecule has 0 saturated carbocycles. The lowest BCUT2D eigenvalue weighted by Gasteiger charge is -2.34. The number of carbonyl (C=O) groups is 1. The van der Waals surface area contributed by atoms with Gasteiger partial charge in [0.15, 0.2) is 0 Å². The second-order valence-corrected chi connectivity index (χ2v) is 7.55. The molecular weight excluding hydrogens is 362 g/mol. The van der Waals surface area contributed by atoms with Crippen molar-refractivity contribution in [2.75, 3.05) is 37.7 Å². The third kappa shape index (κ3) is 4.25. The monoisotopic (exact) mass is 385 g/mol. The topological polar surface area (TPSA) is 45.7 Å². The second-order valence-electron chi connectivity index (χ2n) is 7.11. The third-order valence-electron chi connectivity index (χ3n) is 5.27. The Morgan fingerprint density at radius 3 is 2.63 bits per heavy atom. The minimum atomic E-state index is -0.0285. The molecular formula is C21H24ClN3O2. The number of halogens is 1. The molecule has 142 valence electrons. The summed E-state index contributed by atoms with van der Waals surface area (Å²) in [5.41, 5.74) is 1.82. The van der Waals surface area contributed by atoms with E-state index < -0.39 is 0 Å². The molecule has 5 nitrogen and oxygen atoms in total. The van der Waals surface area contributed by atoms with Crippen LogP contribution in [0.5, 0.6) is 0 Å². The average molecular weight is 386 g/mol. The van der Waals surface area contributed by atoms with Crippen LogP contribution in [0.2, 0.25) is 5.02 Å². The van der Waals surface area contributed by atoms with E-state index in [2.05, 4.69) is 9.88 Å². The molecule has 0 N–H and O–H groups in total. The number of rotatable bonds is 3. The summed E-state index contributed by atoms with van der Waals surface area (Å²) in [5, 5.41) is 0.719. The molecule has 1 atom stereocenters. The summed E-state index contributed by atoms with van der Waals surface area (Å²) in [6.45, 7) is 3.80. The molecule has 2 fully saturated rings. The molecule has 2 aliphatic rings. The van der Waals surface area contributed by atoms with Crippen LogP contribution in [0.1, 0.15) is 41.3 Å². The lowest BCUT2D eigenvalue weighted by atomic mass is 10.1. The SMILES string of the molecule is O=C(c1ccnc(N2CCO[C@@H](c3ccc(Cl)cc3)C2)c1)N1CCCCC1. The summed E-state index contributed by atoms with van der Waals surface area (Å²) in [7, 11) is 0. The van der Waals surface area contributed by atoms with Crippen molar-refractivity contribution < 1.29 is 9.53 Å². The summed E-state index contributed by atoms with van der Waals surface area (Å²) in [6.07, 6.45) is 5.11. The smallest absolute Gasteiger partial charge is 0.254 e. The number of likely N-dealkylation sites (tertiary alicyclic amines) is 1. The number of nitrogens with zero attached hydrogens (tertiary/aromatic N) is 3. The molecule has 0 radical (unpaired) electrons. The Balaban J connectivity index is 1.49. The zero-order valence-corrected chi connectivity index (χ0v) is 16.1. The standard InChI is InChI=1S/C21H24ClN3O2/c22-18-6-4-16(5-7-18)19-15-25(12-13-27-19)20-14-17(8-9-23-20)21(26)24-10-2-1-3-11-24/h4-9,14,19H,1-3,10-13,15H2/t19-/m1/s1. The number of pyridine rings is 1. The maximum absolute atomic E-state index is 12.8. The van der Waals surface area contributed by atoms with Crippen LogP contribution in [0, 0.1) is 0 Å². The number of ether oxygens (including phenoxy) is 1. The van der Waals surface area contributed by atoms with Gasteiger partial charge in [-0.25, -0.2) is 4.98 Å². The molecule has 2 aliphatic heterocycles. The van der Waals surface area contributed by atoms with Gasteiger partial charge in [-0.3, -0.25) is 4.79 Å². The summed E-state index contributed by atoms with van der Waals surface area (Å²) in [5.74, 6) is 0.945. The Hall–Kier alpha value is -2.11. The van der Waals surface area contributed by atoms with Crippen LogP contribution in [-0.4, -0.2) is 48.6 Å². The van der Waals surface area contributed by atoms with E-state index in [-0.39, 0.29) is 12.0 Å². The zero-order chi connectivity index (χ0) is 18.6. The van der Waals surface area contributed by atoms with Crippen LogP contribution in [0.15, 0.2) is 42.6 Å². The summed E-state index contributed by atoms with van der Waals surface area (Å²) in [6, 6.07) is 11.5. The normalized spacial score (nSPS) is 20.6. The van der Waals surface area contributed by atoms with Crippen molar-refractivity contribution in [2.45, 2.75) is 25.4 Å². The van der Waals surface area contributed by atoms with Gasteiger partial charge < -0.3 is 14.5 Å². The number of aromatic nitrogens is 1.